The smallest absolute Gasteiger partial charge is 0.302 e. The average molecular weight is 418 g/mol. The predicted octanol–water partition coefficient (Wildman–Crippen LogP) is 6.30. The van der Waals surface area contributed by atoms with Gasteiger partial charge in [0, 0.05) is 12.3 Å². The first-order valence-electron chi connectivity index (χ1n) is 7.77. The van der Waals surface area contributed by atoms with E-state index in [9.17, 15) is 13.2 Å². The van der Waals surface area contributed by atoms with Gasteiger partial charge in [-0.25, -0.2) is 0 Å². The molecule has 0 aliphatic heterocycles. The van der Waals surface area contributed by atoms with Crippen LogP contribution in [0.3, 0.4) is 0 Å². The van der Waals surface area contributed by atoms with Gasteiger partial charge in [0.05, 0.1) is 15.5 Å². The van der Waals surface area contributed by atoms with Gasteiger partial charge >= 0.3 is 6.18 Å². The largest absolute Gasteiger partial charge is 0.416 e. The van der Waals surface area contributed by atoms with Crippen molar-refractivity contribution >= 4 is 34.7 Å². The van der Waals surface area contributed by atoms with Crippen LogP contribution in [0.4, 0.5) is 13.2 Å². The van der Waals surface area contributed by atoms with Crippen LogP contribution in [0.25, 0.3) is 10.7 Å². The molecule has 138 valence electrons. The molecule has 0 bridgehead atoms. The van der Waals surface area contributed by atoms with Gasteiger partial charge in [-0.15, -0.1) is 21.5 Å². The van der Waals surface area contributed by atoms with E-state index in [0.29, 0.717) is 28.3 Å². The molecule has 1 aromatic carbocycles. The van der Waals surface area contributed by atoms with Crippen molar-refractivity contribution in [2.45, 2.75) is 37.5 Å². The van der Waals surface area contributed by atoms with Crippen molar-refractivity contribution in [2.24, 2.45) is 0 Å². The van der Waals surface area contributed by atoms with Crippen molar-refractivity contribution in [1.29, 1.82) is 0 Å². The molecular formula is C17H15ClF3N3S2. The number of thioether (sulfide) groups is 1. The number of aryl methyl sites for hydroxylation is 1. The zero-order valence-electron chi connectivity index (χ0n) is 14.0. The number of aromatic nitrogens is 3. The van der Waals surface area contributed by atoms with Crippen LogP contribution in [-0.2, 0) is 18.5 Å². The highest BCUT2D eigenvalue weighted by Crippen LogP contribution is 2.37. The Hall–Kier alpha value is -1.51. The minimum Gasteiger partial charge on any atom is -0.302 e. The minimum atomic E-state index is -4.32. The summed E-state index contributed by atoms with van der Waals surface area (Å²) >= 11 is 9.29. The molecule has 0 saturated heterocycles. The van der Waals surface area contributed by atoms with Gasteiger partial charge in [-0.05, 0) is 42.5 Å². The second-order valence-electron chi connectivity index (χ2n) is 5.60. The van der Waals surface area contributed by atoms with E-state index in [1.807, 2.05) is 23.8 Å². The molecule has 2 heterocycles. The Morgan fingerprint density at radius 3 is 2.42 bits per heavy atom. The number of hydrogen-bond donors (Lipinski definition) is 0. The number of hydrogen-bond acceptors (Lipinski definition) is 4. The zero-order valence-corrected chi connectivity index (χ0v) is 16.4. The molecular weight excluding hydrogens is 403 g/mol. The fourth-order valence-corrected chi connectivity index (χ4v) is 4.60. The Labute approximate surface area is 162 Å². The molecule has 0 aliphatic carbocycles. The Bertz CT molecular complexity index is 901. The first-order valence-corrected chi connectivity index (χ1v) is 10.0. The average Bonchev–Trinajstić information content (AvgIpc) is 3.16. The number of rotatable bonds is 5. The van der Waals surface area contributed by atoms with Crippen molar-refractivity contribution < 1.29 is 13.2 Å². The van der Waals surface area contributed by atoms with E-state index in [1.165, 1.54) is 35.2 Å². The number of thiophene rings is 1. The predicted molar refractivity (Wildman–Crippen MR) is 99.8 cm³/mol. The summed E-state index contributed by atoms with van der Waals surface area (Å²) in [6.45, 7) is 4.60. The third-order valence-corrected chi connectivity index (χ3v) is 6.52. The molecule has 3 nitrogen and oxygen atoms in total. The molecule has 3 aromatic rings. The monoisotopic (exact) mass is 417 g/mol. The van der Waals surface area contributed by atoms with Gasteiger partial charge in [0.15, 0.2) is 11.0 Å². The van der Waals surface area contributed by atoms with E-state index >= 15 is 0 Å². The molecule has 2 aromatic heterocycles. The molecule has 0 radical (unpaired) electrons. The first-order chi connectivity index (χ1) is 12.3. The van der Waals surface area contributed by atoms with E-state index < -0.39 is 11.7 Å². The third kappa shape index (κ3) is 3.92. The van der Waals surface area contributed by atoms with Crippen LogP contribution in [0.15, 0.2) is 34.8 Å². The summed E-state index contributed by atoms with van der Waals surface area (Å²) in [7, 11) is 0. The normalized spacial score (nSPS) is 11.9. The molecule has 0 saturated carbocycles. The van der Waals surface area contributed by atoms with Crippen LogP contribution < -0.4 is 0 Å². The number of nitrogens with zero attached hydrogens (tertiary/aromatic N) is 3. The summed E-state index contributed by atoms with van der Waals surface area (Å²) in [6, 6.07) is 5.17. The van der Waals surface area contributed by atoms with Crippen LogP contribution in [0.5, 0.6) is 0 Å². The molecule has 0 fully saturated rings. The Kier molecular flexibility index (Phi) is 5.64. The quantitative estimate of drug-likeness (QED) is 0.456. The molecule has 9 heteroatoms. The van der Waals surface area contributed by atoms with E-state index in [0.717, 1.165) is 28.1 Å². The standard InChI is InChI=1S/C17H15ClF3N3S2/c1-3-24-15(14-13(18)10(2)8-25-14)22-23-16(24)26-9-11-4-6-12(7-5-11)17(19,20)21/h4-8H,3,9H2,1-2H3. The molecule has 0 N–H and O–H groups in total. The SMILES string of the molecule is CCn1c(SCc2ccc(C(F)(F)F)cc2)nnc1-c1scc(C)c1Cl. The summed E-state index contributed by atoms with van der Waals surface area (Å²) in [6.07, 6.45) is -4.32. The lowest BCUT2D eigenvalue weighted by Gasteiger charge is -2.08. The molecule has 26 heavy (non-hydrogen) atoms. The lowest BCUT2D eigenvalue weighted by atomic mass is 10.1. The van der Waals surface area contributed by atoms with Gasteiger partial charge in [0.25, 0.3) is 0 Å². The maximum absolute atomic E-state index is 12.6. The fraction of sp³-hybridized carbons (Fsp3) is 0.294. The van der Waals surface area contributed by atoms with Gasteiger partial charge in [-0.1, -0.05) is 35.5 Å². The lowest BCUT2D eigenvalue weighted by molar-refractivity contribution is -0.137. The van der Waals surface area contributed by atoms with E-state index in [-0.39, 0.29) is 0 Å². The van der Waals surface area contributed by atoms with Gasteiger partial charge in [0.1, 0.15) is 0 Å². The van der Waals surface area contributed by atoms with Crippen molar-refractivity contribution in [3.05, 3.63) is 51.4 Å². The maximum Gasteiger partial charge on any atom is 0.416 e. The summed E-state index contributed by atoms with van der Waals surface area (Å²) in [5.41, 5.74) is 1.14. The second kappa shape index (κ2) is 7.62. The van der Waals surface area contributed by atoms with E-state index in [4.69, 9.17) is 11.6 Å². The van der Waals surface area contributed by atoms with Crippen LogP contribution in [0.1, 0.15) is 23.6 Å². The number of halogens is 4. The number of alkyl halides is 3. The summed E-state index contributed by atoms with van der Waals surface area (Å²) in [5.74, 6) is 1.22. The van der Waals surface area contributed by atoms with Crippen molar-refractivity contribution in [3.8, 4) is 10.7 Å². The maximum atomic E-state index is 12.6. The van der Waals surface area contributed by atoms with Crippen molar-refractivity contribution in [2.75, 3.05) is 0 Å². The van der Waals surface area contributed by atoms with Crippen LogP contribution in [0.2, 0.25) is 5.02 Å². The Morgan fingerprint density at radius 2 is 1.88 bits per heavy atom. The highest BCUT2D eigenvalue weighted by Gasteiger charge is 2.29. The highest BCUT2D eigenvalue weighted by atomic mass is 35.5. The van der Waals surface area contributed by atoms with Crippen LogP contribution in [0, 0.1) is 6.92 Å². The lowest BCUT2D eigenvalue weighted by Crippen LogP contribution is -2.04. The van der Waals surface area contributed by atoms with E-state index in [2.05, 4.69) is 10.2 Å². The van der Waals surface area contributed by atoms with Gasteiger partial charge < -0.3 is 4.57 Å². The van der Waals surface area contributed by atoms with Gasteiger partial charge in [0.2, 0.25) is 0 Å². The highest BCUT2D eigenvalue weighted by molar-refractivity contribution is 7.98. The van der Waals surface area contributed by atoms with E-state index in [1.54, 1.807) is 0 Å². The molecule has 0 atom stereocenters. The Morgan fingerprint density at radius 1 is 1.19 bits per heavy atom. The fourth-order valence-electron chi connectivity index (χ4n) is 2.37. The van der Waals surface area contributed by atoms with Crippen LogP contribution in [-0.4, -0.2) is 14.8 Å². The minimum absolute atomic E-state index is 0.507. The summed E-state index contributed by atoms with van der Waals surface area (Å²) in [4.78, 5) is 0.875. The van der Waals surface area contributed by atoms with Crippen LogP contribution >= 0.6 is 34.7 Å². The van der Waals surface area contributed by atoms with Crippen molar-refractivity contribution in [3.63, 3.8) is 0 Å². The molecule has 0 unspecified atom stereocenters. The molecule has 0 spiro atoms. The Balaban J connectivity index is 1.78. The third-order valence-electron chi connectivity index (χ3n) is 3.78. The summed E-state index contributed by atoms with van der Waals surface area (Å²) in [5, 5.41) is 11.9. The number of benzene rings is 1. The topological polar surface area (TPSA) is 30.7 Å². The summed E-state index contributed by atoms with van der Waals surface area (Å²) < 4.78 is 39.9. The molecule has 0 amide bonds. The second-order valence-corrected chi connectivity index (χ2v) is 7.80. The molecule has 3 rings (SSSR count). The van der Waals surface area contributed by atoms with Crippen molar-refractivity contribution in [1.82, 2.24) is 14.8 Å². The van der Waals surface area contributed by atoms with Gasteiger partial charge in [-0.3, -0.25) is 0 Å². The first kappa shape index (κ1) is 19.3. The molecule has 0 aliphatic rings. The zero-order chi connectivity index (χ0) is 18.9. The van der Waals surface area contributed by atoms with Gasteiger partial charge in [-0.2, -0.15) is 13.2 Å².